The third-order valence-electron chi connectivity index (χ3n) is 3.57. The average Bonchev–Trinajstić information content (AvgIpc) is 2.76. The Hall–Kier alpha value is -1.50. The van der Waals surface area contributed by atoms with Gasteiger partial charge in [-0.3, -0.25) is 0 Å². The van der Waals surface area contributed by atoms with Gasteiger partial charge in [-0.1, -0.05) is 30.3 Å². The fraction of sp³-hybridized carbons (Fsp3) is 0.333. The van der Waals surface area contributed by atoms with Crippen LogP contribution < -0.4 is 0 Å². The molecule has 0 saturated carbocycles. The highest BCUT2D eigenvalue weighted by atomic mass is 15.0. The van der Waals surface area contributed by atoms with Crippen molar-refractivity contribution in [2.24, 2.45) is 0 Å². The molecular weight excluding hydrogens is 194 g/mol. The molecule has 2 heterocycles. The lowest BCUT2D eigenvalue weighted by atomic mass is 10.0. The van der Waals surface area contributed by atoms with Gasteiger partial charge in [-0.15, -0.1) is 0 Å². The van der Waals surface area contributed by atoms with Gasteiger partial charge in [0, 0.05) is 17.9 Å². The minimum Gasteiger partial charge on any atom is -0.348 e. The van der Waals surface area contributed by atoms with Crippen molar-refractivity contribution in [3.63, 3.8) is 0 Å². The molecule has 0 aliphatic carbocycles. The number of benzene rings is 1. The maximum atomic E-state index is 2.45. The number of nitrogens with zero attached hydrogens (tertiary/aromatic N) is 1. The van der Waals surface area contributed by atoms with Crippen molar-refractivity contribution in [3.05, 3.63) is 48.3 Å². The van der Waals surface area contributed by atoms with Crippen molar-refractivity contribution in [2.75, 3.05) is 0 Å². The summed E-state index contributed by atoms with van der Waals surface area (Å²) in [6, 6.07) is 13.7. The highest BCUT2D eigenvalue weighted by Gasteiger charge is 2.16. The van der Waals surface area contributed by atoms with E-state index >= 15 is 0 Å². The molecule has 1 aromatic heterocycles. The van der Waals surface area contributed by atoms with E-state index < -0.39 is 0 Å². The minimum atomic E-state index is 0.668. The summed E-state index contributed by atoms with van der Waals surface area (Å²) in [7, 11) is 0. The molecule has 3 rings (SSSR count). The first-order chi connectivity index (χ1) is 7.84. The third-order valence-corrected chi connectivity index (χ3v) is 3.57. The van der Waals surface area contributed by atoms with Crippen LogP contribution in [0, 0.1) is 0 Å². The van der Waals surface area contributed by atoms with Gasteiger partial charge in [-0.25, -0.2) is 0 Å². The Labute approximate surface area is 96.7 Å². The van der Waals surface area contributed by atoms with E-state index in [1.54, 1.807) is 0 Å². The van der Waals surface area contributed by atoms with Gasteiger partial charge in [0.15, 0.2) is 0 Å². The van der Waals surface area contributed by atoms with Crippen molar-refractivity contribution in [1.29, 1.82) is 0 Å². The number of rotatable bonds is 1. The first kappa shape index (κ1) is 9.71. The summed E-state index contributed by atoms with van der Waals surface area (Å²) < 4.78 is 2.45. The number of fused-ring (bicyclic) bond motifs is 1. The van der Waals surface area contributed by atoms with Crippen molar-refractivity contribution in [1.82, 2.24) is 4.57 Å². The molecule has 1 aliphatic rings. The predicted molar refractivity (Wildman–Crippen MR) is 67.5 cm³/mol. The van der Waals surface area contributed by atoms with E-state index in [1.165, 1.54) is 36.1 Å². The zero-order chi connectivity index (χ0) is 11.0. The third kappa shape index (κ3) is 1.57. The monoisotopic (exact) mass is 211 g/mol. The molecule has 1 aromatic carbocycles. The minimum absolute atomic E-state index is 0.668. The maximum Gasteiger partial charge on any atom is 0.0305 e. The molecule has 0 fully saturated rings. The molecule has 0 amide bonds. The summed E-state index contributed by atoms with van der Waals surface area (Å²) >= 11 is 0. The van der Waals surface area contributed by atoms with Gasteiger partial charge in [0.05, 0.1) is 0 Å². The molecule has 0 radical (unpaired) electrons. The van der Waals surface area contributed by atoms with Crippen LogP contribution in [0.4, 0.5) is 0 Å². The molecule has 1 nitrogen and oxygen atoms in total. The first-order valence-electron chi connectivity index (χ1n) is 6.11. The highest BCUT2D eigenvalue weighted by Crippen LogP contribution is 2.30. The summed E-state index contributed by atoms with van der Waals surface area (Å²) in [6.45, 7) is 2.32. The van der Waals surface area contributed by atoms with Crippen LogP contribution in [0.25, 0.3) is 11.1 Å². The molecule has 82 valence electrons. The lowest BCUT2D eigenvalue weighted by molar-refractivity contribution is 0.433. The molecule has 0 N–H and O–H groups in total. The van der Waals surface area contributed by atoms with Crippen LogP contribution in [0.3, 0.4) is 0 Å². The van der Waals surface area contributed by atoms with Crippen LogP contribution in [-0.4, -0.2) is 4.57 Å². The van der Waals surface area contributed by atoms with Gasteiger partial charge in [0.1, 0.15) is 0 Å². The molecule has 0 saturated heterocycles. The fourth-order valence-corrected chi connectivity index (χ4v) is 2.64. The van der Waals surface area contributed by atoms with Gasteiger partial charge in [-0.05, 0) is 43.4 Å². The highest BCUT2D eigenvalue weighted by molar-refractivity contribution is 5.63. The SMILES string of the molecule is CC1CCCc2cc(-c3ccccc3)cn21. The molecule has 16 heavy (non-hydrogen) atoms. The normalized spacial score (nSPS) is 19.4. The predicted octanol–water partition coefficient (Wildman–Crippen LogP) is 4.05. The van der Waals surface area contributed by atoms with E-state index in [0.29, 0.717) is 6.04 Å². The van der Waals surface area contributed by atoms with Crippen molar-refractivity contribution in [2.45, 2.75) is 32.2 Å². The van der Waals surface area contributed by atoms with Crippen LogP contribution in [-0.2, 0) is 6.42 Å². The molecule has 0 spiro atoms. The standard InChI is InChI=1S/C15H17N/c1-12-6-5-9-15-10-14(11-16(12)15)13-7-3-2-4-8-13/h2-4,7-8,10-12H,5-6,9H2,1H3. The van der Waals surface area contributed by atoms with E-state index in [9.17, 15) is 0 Å². The van der Waals surface area contributed by atoms with Crippen molar-refractivity contribution < 1.29 is 0 Å². The van der Waals surface area contributed by atoms with Crippen LogP contribution in [0.2, 0.25) is 0 Å². The zero-order valence-corrected chi connectivity index (χ0v) is 9.69. The summed E-state index contributed by atoms with van der Waals surface area (Å²) in [6.07, 6.45) is 6.20. The van der Waals surface area contributed by atoms with E-state index in [4.69, 9.17) is 0 Å². The number of aromatic nitrogens is 1. The number of hydrogen-bond acceptors (Lipinski definition) is 0. The molecule has 1 atom stereocenters. The van der Waals surface area contributed by atoms with Crippen LogP contribution >= 0.6 is 0 Å². The summed E-state index contributed by atoms with van der Waals surface area (Å²) in [5.74, 6) is 0. The van der Waals surface area contributed by atoms with Gasteiger partial charge in [0.25, 0.3) is 0 Å². The second kappa shape index (κ2) is 3.82. The second-order valence-corrected chi connectivity index (χ2v) is 4.73. The van der Waals surface area contributed by atoms with Crippen LogP contribution in [0.5, 0.6) is 0 Å². The lowest BCUT2D eigenvalue weighted by Gasteiger charge is -2.22. The van der Waals surface area contributed by atoms with Gasteiger partial charge < -0.3 is 4.57 Å². The Morgan fingerprint density at radius 2 is 1.94 bits per heavy atom. The topological polar surface area (TPSA) is 4.93 Å². The van der Waals surface area contributed by atoms with Gasteiger partial charge in [-0.2, -0.15) is 0 Å². The quantitative estimate of drug-likeness (QED) is 0.670. The fourth-order valence-electron chi connectivity index (χ4n) is 2.64. The molecular formula is C15H17N. The lowest BCUT2D eigenvalue weighted by Crippen LogP contribution is -2.13. The van der Waals surface area contributed by atoms with Crippen LogP contribution in [0.15, 0.2) is 42.6 Å². The molecule has 0 bridgehead atoms. The van der Waals surface area contributed by atoms with Gasteiger partial charge in [0.2, 0.25) is 0 Å². The van der Waals surface area contributed by atoms with E-state index in [2.05, 4.69) is 54.1 Å². The van der Waals surface area contributed by atoms with E-state index in [0.717, 1.165) is 0 Å². The summed E-state index contributed by atoms with van der Waals surface area (Å²) in [4.78, 5) is 0. The Morgan fingerprint density at radius 1 is 1.12 bits per heavy atom. The Kier molecular flexibility index (Phi) is 2.32. The summed E-state index contributed by atoms with van der Waals surface area (Å²) in [5, 5.41) is 0. The maximum absolute atomic E-state index is 2.45. The Bertz CT molecular complexity index is 481. The van der Waals surface area contributed by atoms with Crippen LogP contribution in [0.1, 0.15) is 31.5 Å². The Balaban J connectivity index is 2.05. The molecule has 1 aliphatic heterocycles. The van der Waals surface area contributed by atoms with Crippen molar-refractivity contribution >= 4 is 0 Å². The molecule has 2 aromatic rings. The van der Waals surface area contributed by atoms with Gasteiger partial charge >= 0.3 is 0 Å². The number of hydrogen-bond donors (Lipinski definition) is 0. The largest absolute Gasteiger partial charge is 0.348 e. The number of aryl methyl sites for hydroxylation is 1. The van der Waals surface area contributed by atoms with Crippen molar-refractivity contribution in [3.8, 4) is 11.1 Å². The molecule has 1 heteroatoms. The second-order valence-electron chi connectivity index (χ2n) is 4.73. The average molecular weight is 211 g/mol. The molecule has 1 unspecified atom stereocenters. The zero-order valence-electron chi connectivity index (χ0n) is 9.69. The Morgan fingerprint density at radius 3 is 2.69 bits per heavy atom. The first-order valence-corrected chi connectivity index (χ1v) is 6.11. The summed E-state index contributed by atoms with van der Waals surface area (Å²) in [5.41, 5.74) is 4.19. The van der Waals surface area contributed by atoms with E-state index in [1.807, 2.05) is 0 Å². The smallest absolute Gasteiger partial charge is 0.0305 e. The van der Waals surface area contributed by atoms with E-state index in [-0.39, 0.29) is 0 Å².